The summed E-state index contributed by atoms with van der Waals surface area (Å²) >= 11 is 0. The normalized spacial score (nSPS) is 11.6. The number of fused-ring (bicyclic) bond motifs is 3. The Labute approximate surface area is 259 Å². The Hall–Kier alpha value is -5.44. The zero-order valence-corrected chi connectivity index (χ0v) is 25.3. The number of hydrogen-bond donors (Lipinski definition) is 0. The molecule has 0 aliphatic rings. The Kier molecular flexibility index (Phi) is 6.55. The molecular weight excluding hydrogens is 547 g/mol. The van der Waals surface area contributed by atoms with Crippen molar-refractivity contribution in [3.8, 4) is 16.8 Å². The second kappa shape index (κ2) is 11.0. The van der Waals surface area contributed by atoms with Crippen LogP contribution in [0, 0.1) is 0 Å². The van der Waals surface area contributed by atoms with Crippen molar-refractivity contribution in [1.82, 2.24) is 4.57 Å². The molecule has 0 aliphatic heterocycles. The molecule has 0 unspecified atom stereocenters. The van der Waals surface area contributed by atoms with Crippen molar-refractivity contribution in [2.24, 2.45) is 0 Å². The maximum atomic E-state index is 2.45. The molecule has 8 aromatic rings. The van der Waals surface area contributed by atoms with E-state index in [4.69, 9.17) is 0 Å². The van der Waals surface area contributed by atoms with Crippen LogP contribution in [-0.2, 0) is 0 Å². The SMILES string of the molecule is c1ccc([Si](c2ccccc2)(c2ccccc2)c2cccc(-c3cccc(-n4c5ccccc5c5ccccc54)c3)c2)cc1. The highest BCUT2D eigenvalue weighted by Gasteiger charge is 2.41. The van der Waals surface area contributed by atoms with Crippen LogP contribution in [0.2, 0.25) is 0 Å². The summed E-state index contributed by atoms with van der Waals surface area (Å²) in [6.45, 7) is 0. The van der Waals surface area contributed by atoms with E-state index < -0.39 is 8.07 Å². The van der Waals surface area contributed by atoms with Gasteiger partial charge in [-0.1, -0.05) is 164 Å². The highest BCUT2D eigenvalue weighted by molar-refractivity contribution is 7.19. The number of benzene rings is 7. The minimum absolute atomic E-state index is 1.17. The molecule has 7 aromatic carbocycles. The van der Waals surface area contributed by atoms with Gasteiger partial charge < -0.3 is 4.57 Å². The van der Waals surface area contributed by atoms with Gasteiger partial charge in [-0.3, -0.25) is 0 Å². The van der Waals surface area contributed by atoms with E-state index in [0.29, 0.717) is 0 Å². The van der Waals surface area contributed by atoms with Crippen LogP contribution in [0.15, 0.2) is 188 Å². The van der Waals surface area contributed by atoms with Crippen LogP contribution in [0.3, 0.4) is 0 Å². The molecule has 0 radical (unpaired) electrons. The van der Waals surface area contributed by atoms with Crippen LogP contribution < -0.4 is 20.7 Å². The third-order valence-electron chi connectivity index (χ3n) is 8.93. The van der Waals surface area contributed by atoms with Gasteiger partial charge in [-0.2, -0.15) is 0 Å². The van der Waals surface area contributed by atoms with Crippen LogP contribution >= 0.6 is 0 Å². The number of rotatable bonds is 6. The van der Waals surface area contributed by atoms with Gasteiger partial charge in [-0.15, -0.1) is 0 Å². The minimum atomic E-state index is -2.61. The summed E-state index contributed by atoms with van der Waals surface area (Å²) in [6.07, 6.45) is 0. The monoisotopic (exact) mass is 577 g/mol. The van der Waals surface area contributed by atoms with E-state index in [2.05, 4.69) is 193 Å². The smallest absolute Gasteiger partial charge is 0.179 e. The molecule has 0 spiro atoms. The number of nitrogens with zero attached hydrogens (tertiary/aromatic N) is 1. The van der Waals surface area contributed by atoms with E-state index in [-0.39, 0.29) is 0 Å². The molecule has 1 aromatic heterocycles. The molecule has 1 nitrogen and oxygen atoms in total. The highest BCUT2D eigenvalue weighted by atomic mass is 28.3. The van der Waals surface area contributed by atoms with E-state index in [1.807, 2.05) is 0 Å². The molecule has 0 amide bonds. The van der Waals surface area contributed by atoms with Gasteiger partial charge in [-0.25, -0.2) is 0 Å². The standard InChI is InChI=1S/C42H31NSi/c1-4-19-35(20-5-1)44(36-21-6-2-7-22-36,37-23-8-3-9-24-37)38-25-15-17-33(31-38)32-16-14-18-34(30-32)43-41-28-12-10-26-39(41)40-27-11-13-29-42(40)43/h1-31H. The average Bonchev–Trinajstić information content (AvgIpc) is 3.45. The van der Waals surface area contributed by atoms with Crippen LogP contribution in [0.4, 0.5) is 0 Å². The van der Waals surface area contributed by atoms with E-state index in [9.17, 15) is 0 Å². The highest BCUT2D eigenvalue weighted by Crippen LogP contribution is 2.33. The van der Waals surface area contributed by atoms with Crippen LogP contribution in [0.25, 0.3) is 38.6 Å². The fraction of sp³-hybridized carbons (Fsp3) is 0. The van der Waals surface area contributed by atoms with Gasteiger partial charge in [0.05, 0.1) is 11.0 Å². The van der Waals surface area contributed by atoms with E-state index in [1.54, 1.807) is 0 Å². The first kappa shape index (κ1) is 26.2. The van der Waals surface area contributed by atoms with Crippen molar-refractivity contribution >= 4 is 50.6 Å². The fourth-order valence-corrected chi connectivity index (χ4v) is 11.8. The van der Waals surface area contributed by atoms with Gasteiger partial charge in [-0.05, 0) is 56.1 Å². The van der Waals surface area contributed by atoms with E-state index >= 15 is 0 Å². The lowest BCUT2D eigenvalue weighted by atomic mass is 10.1. The lowest BCUT2D eigenvalue weighted by Crippen LogP contribution is -2.74. The van der Waals surface area contributed by atoms with Gasteiger partial charge in [0.25, 0.3) is 0 Å². The van der Waals surface area contributed by atoms with Crippen molar-refractivity contribution in [2.45, 2.75) is 0 Å². The van der Waals surface area contributed by atoms with Crippen LogP contribution in [0.1, 0.15) is 0 Å². The molecule has 0 saturated carbocycles. The lowest BCUT2D eigenvalue weighted by molar-refractivity contribution is 1.18. The topological polar surface area (TPSA) is 4.93 Å². The summed E-state index contributed by atoms with van der Waals surface area (Å²) in [6, 6.07) is 69.1. The molecule has 0 N–H and O–H groups in total. The van der Waals surface area contributed by atoms with Crippen LogP contribution in [-0.4, -0.2) is 12.6 Å². The Morgan fingerprint density at radius 3 is 1.25 bits per heavy atom. The van der Waals surface area contributed by atoms with Crippen LogP contribution in [0.5, 0.6) is 0 Å². The Morgan fingerprint density at radius 1 is 0.318 bits per heavy atom. The summed E-state index contributed by atoms with van der Waals surface area (Å²) in [5.41, 5.74) is 6.06. The van der Waals surface area contributed by atoms with Crippen molar-refractivity contribution in [3.05, 3.63) is 188 Å². The summed E-state index contributed by atoms with van der Waals surface area (Å²) in [7, 11) is -2.61. The molecule has 44 heavy (non-hydrogen) atoms. The average molecular weight is 578 g/mol. The molecule has 8 rings (SSSR count). The number of hydrogen-bond acceptors (Lipinski definition) is 0. The molecule has 0 aliphatic carbocycles. The largest absolute Gasteiger partial charge is 0.309 e. The second-order valence-corrected chi connectivity index (χ2v) is 15.2. The zero-order valence-electron chi connectivity index (χ0n) is 24.3. The molecule has 2 heteroatoms. The maximum absolute atomic E-state index is 2.61. The van der Waals surface area contributed by atoms with Crippen molar-refractivity contribution in [2.75, 3.05) is 0 Å². The van der Waals surface area contributed by atoms with Crippen molar-refractivity contribution < 1.29 is 0 Å². The summed E-state index contributed by atoms with van der Waals surface area (Å²) < 4.78 is 2.40. The Balaban J connectivity index is 1.35. The first-order chi connectivity index (χ1) is 21.8. The predicted molar refractivity (Wildman–Crippen MR) is 190 cm³/mol. The molecule has 208 valence electrons. The van der Waals surface area contributed by atoms with Gasteiger partial charge in [0.1, 0.15) is 0 Å². The summed E-state index contributed by atoms with van der Waals surface area (Å²) in [4.78, 5) is 0. The van der Waals surface area contributed by atoms with Gasteiger partial charge in [0, 0.05) is 16.5 Å². The lowest BCUT2D eigenvalue weighted by Gasteiger charge is -2.34. The minimum Gasteiger partial charge on any atom is -0.309 e. The first-order valence-electron chi connectivity index (χ1n) is 15.2. The van der Waals surface area contributed by atoms with Crippen molar-refractivity contribution in [3.63, 3.8) is 0 Å². The third-order valence-corrected chi connectivity index (χ3v) is 13.7. The molecule has 0 atom stereocenters. The molecule has 0 bridgehead atoms. The number of aromatic nitrogens is 1. The molecular formula is C42H31NSi. The molecule has 0 saturated heterocycles. The first-order valence-corrected chi connectivity index (χ1v) is 17.2. The van der Waals surface area contributed by atoms with Crippen molar-refractivity contribution in [1.29, 1.82) is 0 Å². The summed E-state index contributed by atoms with van der Waals surface area (Å²) in [5.74, 6) is 0. The second-order valence-electron chi connectivity index (χ2n) is 11.3. The fourth-order valence-electron chi connectivity index (χ4n) is 7.02. The molecule has 1 heterocycles. The van der Waals surface area contributed by atoms with Gasteiger partial charge in [0.15, 0.2) is 8.07 Å². The van der Waals surface area contributed by atoms with E-state index in [0.717, 1.165) is 0 Å². The van der Waals surface area contributed by atoms with Gasteiger partial charge in [0.2, 0.25) is 0 Å². The Morgan fingerprint density at radius 2 is 0.727 bits per heavy atom. The Bertz CT molecular complexity index is 2070. The predicted octanol–water partition coefficient (Wildman–Crippen LogP) is 7.83. The van der Waals surface area contributed by atoms with E-state index in [1.165, 1.54) is 59.4 Å². The third kappa shape index (κ3) is 4.23. The summed E-state index contributed by atoms with van der Waals surface area (Å²) in [5, 5.41) is 8.08. The maximum Gasteiger partial charge on any atom is 0.179 e. The molecule has 0 fully saturated rings. The quantitative estimate of drug-likeness (QED) is 0.140. The zero-order chi connectivity index (χ0) is 29.3. The number of para-hydroxylation sites is 2. The van der Waals surface area contributed by atoms with Gasteiger partial charge >= 0.3 is 0 Å².